The summed E-state index contributed by atoms with van der Waals surface area (Å²) in [7, 11) is -4.27. The highest BCUT2D eigenvalue weighted by atomic mass is 32.2. The molecule has 0 radical (unpaired) electrons. The number of pyridine rings is 1. The lowest BCUT2D eigenvalue weighted by Gasteiger charge is -2.11. The first kappa shape index (κ1) is 24.5. The van der Waals surface area contributed by atoms with E-state index in [4.69, 9.17) is 10.5 Å². The van der Waals surface area contributed by atoms with Crippen molar-refractivity contribution in [1.82, 2.24) is 8.96 Å². The van der Waals surface area contributed by atoms with E-state index in [0.29, 0.717) is 0 Å². The first-order valence-electron chi connectivity index (χ1n) is 10.2. The standard InChI is InChI=1S/C23H18F5N3O3S/c1-13-2-4-16(5-3-13)35(32,33)31-12-14(6-8-23(26,27)28)20-19(7-9-30-22(20)31)34-21-17(24)10-15(29)11-18(21)25/h2-5,7,9-12H,6,8,29H2,1H3. The van der Waals surface area contributed by atoms with Crippen LogP contribution in [0.3, 0.4) is 0 Å². The molecule has 0 aliphatic heterocycles. The van der Waals surface area contributed by atoms with Gasteiger partial charge in [0.2, 0.25) is 0 Å². The van der Waals surface area contributed by atoms with E-state index in [-0.39, 0.29) is 32.9 Å². The Balaban J connectivity index is 1.91. The molecule has 12 heteroatoms. The van der Waals surface area contributed by atoms with Crippen molar-refractivity contribution in [3.8, 4) is 11.5 Å². The molecular weight excluding hydrogens is 493 g/mol. The smallest absolute Gasteiger partial charge is 0.389 e. The molecule has 0 aliphatic rings. The van der Waals surface area contributed by atoms with Gasteiger partial charge in [-0.25, -0.2) is 26.2 Å². The minimum absolute atomic E-state index is 0.0765. The van der Waals surface area contributed by atoms with Crippen LogP contribution < -0.4 is 10.5 Å². The zero-order valence-corrected chi connectivity index (χ0v) is 18.9. The van der Waals surface area contributed by atoms with Crippen molar-refractivity contribution in [3.05, 3.63) is 77.6 Å². The first-order valence-corrected chi connectivity index (χ1v) is 11.6. The van der Waals surface area contributed by atoms with Crippen LogP contribution in [0.5, 0.6) is 11.5 Å². The number of ether oxygens (including phenoxy) is 1. The Labute approximate surface area is 196 Å². The number of halogens is 5. The fourth-order valence-electron chi connectivity index (χ4n) is 3.51. The second kappa shape index (κ2) is 8.84. The maximum atomic E-state index is 14.3. The maximum absolute atomic E-state index is 14.3. The second-order valence-corrected chi connectivity index (χ2v) is 9.62. The minimum atomic E-state index is -4.54. The predicted octanol–water partition coefficient (Wildman–Crippen LogP) is 5.73. The quantitative estimate of drug-likeness (QED) is 0.264. The molecule has 35 heavy (non-hydrogen) atoms. The molecule has 0 saturated carbocycles. The van der Waals surface area contributed by atoms with Crippen molar-refractivity contribution in [2.75, 3.05) is 5.73 Å². The Hall–Kier alpha value is -3.67. The highest BCUT2D eigenvalue weighted by Crippen LogP contribution is 2.38. The molecule has 6 nitrogen and oxygen atoms in total. The number of hydrogen-bond donors (Lipinski definition) is 1. The number of rotatable bonds is 6. The van der Waals surface area contributed by atoms with Crippen LogP contribution in [-0.2, 0) is 16.4 Å². The lowest BCUT2D eigenvalue weighted by atomic mass is 10.1. The number of aryl methyl sites for hydroxylation is 2. The number of nitrogens with two attached hydrogens (primary N) is 1. The molecule has 4 rings (SSSR count). The van der Waals surface area contributed by atoms with E-state index in [1.54, 1.807) is 19.1 Å². The second-order valence-electron chi connectivity index (χ2n) is 7.81. The van der Waals surface area contributed by atoms with Crippen molar-refractivity contribution < 1.29 is 35.1 Å². The molecule has 0 unspecified atom stereocenters. The van der Waals surface area contributed by atoms with Gasteiger partial charge in [-0.15, -0.1) is 0 Å². The Morgan fingerprint density at radius 2 is 1.69 bits per heavy atom. The number of benzene rings is 2. The van der Waals surface area contributed by atoms with Gasteiger partial charge in [-0.1, -0.05) is 17.7 Å². The molecule has 0 amide bonds. The zero-order valence-electron chi connectivity index (χ0n) is 18.1. The van der Waals surface area contributed by atoms with E-state index in [2.05, 4.69) is 4.98 Å². The van der Waals surface area contributed by atoms with Crippen molar-refractivity contribution >= 4 is 26.7 Å². The Kier molecular flexibility index (Phi) is 6.18. The van der Waals surface area contributed by atoms with Gasteiger partial charge in [-0.3, -0.25) is 0 Å². The number of fused-ring (bicyclic) bond motifs is 1. The fraction of sp³-hybridized carbons (Fsp3) is 0.174. The van der Waals surface area contributed by atoms with Crippen LogP contribution in [0.4, 0.5) is 27.6 Å². The van der Waals surface area contributed by atoms with Gasteiger partial charge in [-0.05, 0) is 37.1 Å². The van der Waals surface area contributed by atoms with Crippen molar-refractivity contribution in [2.24, 2.45) is 0 Å². The van der Waals surface area contributed by atoms with Gasteiger partial charge in [0.15, 0.2) is 23.0 Å². The molecule has 0 spiro atoms. The van der Waals surface area contributed by atoms with E-state index in [9.17, 15) is 30.4 Å². The van der Waals surface area contributed by atoms with Crippen LogP contribution in [0.1, 0.15) is 17.5 Å². The first-order chi connectivity index (χ1) is 16.4. The third-order valence-electron chi connectivity index (χ3n) is 5.18. The highest BCUT2D eigenvalue weighted by molar-refractivity contribution is 7.90. The van der Waals surface area contributed by atoms with Gasteiger partial charge in [-0.2, -0.15) is 13.2 Å². The Bertz CT molecular complexity index is 1490. The van der Waals surface area contributed by atoms with Crippen LogP contribution in [-0.4, -0.2) is 23.6 Å². The molecule has 0 atom stereocenters. The molecule has 2 heterocycles. The van der Waals surface area contributed by atoms with E-state index in [1.807, 2.05) is 0 Å². The Morgan fingerprint density at radius 3 is 2.29 bits per heavy atom. The molecular formula is C23H18F5N3O3S. The lowest BCUT2D eigenvalue weighted by Crippen LogP contribution is -2.12. The summed E-state index contributed by atoms with van der Waals surface area (Å²) in [5.41, 5.74) is 5.68. The van der Waals surface area contributed by atoms with Gasteiger partial charge in [0, 0.05) is 36.6 Å². The van der Waals surface area contributed by atoms with E-state index in [0.717, 1.165) is 34.1 Å². The van der Waals surface area contributed by atoms with Crippen molar-refractivity contribution in [2.45, 2.75) is 30.8 Å². The molecule has 0 saturated heterocycles. The summed E-state index contributed by atoms with van der Waals surface area (Å²) in [5.74, 6) is -3.40. The normalized spacial score (nSPS) is 12.3. The lowest BCUT2D eigenvalue weighted by molar-refractivity contribution is -0.133. The van der Waals surface area contributed by atoms with E-state index >= 15 is 0 Å². The van der Waals surface area contributed by atoms with E-state index < -0.39 is 46.4 Å². The summed E-state index contributed by atoms with van der Waals surface area (Å²) in [6.45, 7) is 1.76. The number of aromatic nitrogens is 2. The number of nitrogens with zero attached hydrogens (tertiary/aromatic N) is 2. The molecule has 2 aromatic heterocycles. The molecule has 4 aromatic rings. The van der Waals surface area contributed by atoms with Crippen LogP contribution in [0, 0.1) is 18.6 Å². The van der Waals surface area contributed by atoms with Gasteiger partial charge in [0.05, 0.1) is 10.3 Å². The molecule has 2 aromatic carbocycles. The zero-order chi connectivity index (χ0) is 25.5. The third-order valence-corrected chi connectivity index (χ3v) is 6.85. The SMILES string of the molecule is Cc1ccc(S(=O)(=O)n2cc(CCC(F)(F)F)c3c(Oc4c(F)cc(N)cc4F)ccnc32)cc1. The van der Waals surface area contributed by atoms with Gasteiger partial charge in [0.25, 0.3) is 10.0 Å². The predicted molar refractivity (Wildman–Crippen MR) is 119 cm³/mol. The average molecular weight is 511 g/mol. The number of hydrogen-bond acceptors (Lipinski definition) is 5. The number of alkyl halides is 3. The largest absolute Gasteiger partial charge is 0.450 e. The topological polar surface area (TPSA) is 87.2 Å². The monoisotopic (exact) mass is 511 g/mol. The summed E-state index contributed by atoms with van der Waals surface area (Å²) in [6, 6.07) is 8.65. The average Bonchev–Trinajstić information content (AvgIpc) is 3.15. The van der Waals surface area contributed by atoms with Crippen LogP contribution in [0.15, 0.2) is 59.8 Å². The van der Waals surface area contributed by atoms with Gasteiger partial charge < -0.3 is 10.5 Å². The van der Waals surface area contributed by atoms with Crippen LogP contribution >= 0.6 is 0 Å². The van der Waals surface area contributed by atoms with Crippen molar-refractivity contribution in [1.29, 1.82) is 0 Å². The van der Waals surface area contributed by atoms with Crippen LogP contribution in [0.25, 0.3) is 11.0 Å². The number of anilines is 1. The Morgan fingerprint density at radius 1 is 1.06 bits per heavy atom. The summed E-state index contributed by atoms with van der Waals surface area (Å²) in [4.78, 5) is 3.91. The van der Waals surface area contributed by atoms with Gasteiger partial charge >= 0.3 is 6.18 Å². The molecule has 0 fully saturated rings. The molecule has 0 aliphatic carbocycles. The maximum Gasteiger partial charge on any atom is 0.389 e. The fourth-order valence-corrected chi connectivity index (χ4v) is 4.85. The molecule has 184 valence electrons. The summed E-state index contributed by atoms with van der Waals surface area (Å²) in [5, 5.41) is -0.122. The van der Waals surface area contributed by atoms with Crippen LogP contribution in [0.2, 0.25) is 0 Å². The van der Waals surface area contributed by atoms with Crippen molar-refractivity contribution in [3.63, 3.8) is 0 Å². The summed E-state index contributed by atoms with van der Waals surface area (Å²) in [6.07, 6.45) is -4.29. The summed E-state index contributed by atoms with van der Waals surface area (Å²) >= 11 is 0. The minimum Gasteiger partial charge on any atom is -0.450 e. The molecule has 2 N–H and O–H groups in total. The number of nitrogen functional groups attached to an aromatic ring is 1. The molecule has 0 bridgehead atoms. The third kappa shape index (κ3) is 4.92. The highest BCUT2D eigenvalue weighted by Gasteiger charge is 2.30. The van der Waals surface area contributed by atoms with E-state index in [1.165, 1.54) is 18.2 Å². The van der Waals surface area contributed by atoms with Gasteiger partial charge in [0.1, 0.15) is 5.75 Å². The summed E-state index contributed by atoms with van der Waals surface area (Å²) < 4.78 is 100.